The van der Waals surface area contributed by atoms with Crippen molar-refractivity contribution in [3.05, 3.63) is 65.0 Å². The summed E-state index contributed by atoms with van der Waals surface area (Å²) in [6, 6.07) is 8.40. The van der Waals surface area contributed by atoms with Crippen LogP contribution in [0.4, 0.5) is 10.1 Å². The summed E-state index contributed by atoms with van der Waals surface area (Å²) in [4.78, 5) is 25.9. The van der Waals surface area contributed by atoms with Gasteiger partial charge in [-0.3, -0.25) is 15.0 Å². The lowest BCUT2D eigenvalue weighted by molar-refractivity contribution is -0.108. The van der Waals surface area contributed by atoms with Crippen LogP contribution in [0.3, 0.4) is 0 Å². The van der Waals surface area contributed by atoms with E-state index < -0.39 is 23.4 Å². The zero-order valence-corrected chi connectivity index (χ0v) is 18.6. The number of nitrogens with one attached hydrogen (secondary N) is 1. The molecular weight excluding hydrogens is 431 g/mol. The second-order valence-corrected chi connectivity index (χ2v) is 7.34. The number of aliphatic hydroxyl groups is 1. The van der Waals surface area contributed by atoms with Crippen molar-refractivity contribution in [1.29, 1.82) is 5.41 Å². The number of nitrogens with two attached hydrogens (primary N) is 2. The van der Waals surface area contributed by atoms with E-state index in [1.165, 1.54) is 12.0 Å². The van der Waals surface area contributed by atoms with Crippen LogP contribution in [0.25, 0.3) is 5.70 Å². The van der Waals surface area contributed by atoms with Crippen molar-refractivity contribution >= 4 is 28.8 Å². The Hall–Kier alpha value is -3.76. The number of ketones is 1. The van der Waals surface area contributed by atoms with Crippen LogP contribution in [0.1, 0.15) is 21.5 Å². The highest BCUT2D eigenvalue weighted by Crippen LogP contribution is 2.25. The van der Waals surface area contributed by atoms with Gasteiger partial charge in [0.1, 0.15) is 18.4 Å². The Balaban J connectivity index is 2.18. The Morgan fingerprint density at radius 1 is 1.21 bits per heavy atom. The second kappa shape index (κ2) is 11.2. The van der Waals surface area contributed by atoms with Crippen molar-refractivity contribution in [3.63, 3.8) is 0 Å². The number of hydrogen-bond donors (Lipinski definition) is 4. The highest BCUT2D eigenvalue weighted by atomic mass is 19.1. The number of ether oxygens (including phenoxy) is 2. The molecule has 0 fully saturated rings. The number of methoxy groups -OCH3 is 1. The van der Waals surface area contributed by atoms with E-state index in [4.69, 9.17) is 31.5 Å². The summed E-state index contributed by atoms with van der Waals surface area (Å²) in [7, 11) is 4.64. The van der Waals surface area contributed by atoms with Crippen LogP contribution in [0.15, 0.2) is 42.5 Å². The molecule has 0 heterocycles. The van der Waals surface area contributed by atoms with Gasteiger partial charge in [0, 0.05) is 55.9 Å². The van der Waals surface area contributed by atoms with Crippen LogP contribution in [0, 0.1) is 11.2 Å². The lowest BCUT2D eigenvalue weighted by atomic mass is 10.0. The molecule has 0 spiro atoms. The second-order valence-electron chi connectivity index (χ2n) is 7.34. The lowest BCUT2D eigenvalue weighted by Gasteiger charge is -2.15. The predicted octanol–water partition coefficient (Wildman–Crippen LogP) is 1.43. The molecule has 0 aliphatic rings. The summed E-state index contributed by atoms with van der Waals surface area (Å²) >= 11 is 0. The minimum absolute atomic E-state index is 0.0405. The van der Waals surface area contributed by atoms with Gasteiger partial charge in [-0.25, -0.2) is 4.39 Å². The molecule has 6 N–H and O–H groups in total. The highest BCUT2D eigenvalue weighted by Gasteiger charge is 2.18. The number of halogens is 1. The molecule has 0 saturated carbocycles. The Bertz CT molecular complexity index is 1060. The number of amides is 1. The molecule has 2 aromatic carbocycles. The fourth-order valence-corrected chi connectivity index (χ4v) is 2.77. The fourth-order valence-electron chi connectivity index (χ4n) is 2.77. The number of hydrogen-bond acceptors (Lipinski definition) is 8. The first-order chi connectivity index (χ1) is 15.6. The number of rotatable bonds is 10. The number of carbonyl (C=O) groups is 2. The van der Waals surface area contributed by atoms with Crippen molar-refractivity contribution in [2.75, 3.05) is 40.2 Å². The predicted molar refractivity (Wildman–Crippen MR) is 123 cm³/mol. The zero-order chi connectivity index (χ0) is 24.7. The molecular formula is C23H27FN4O5. The Kier molecular flexibility index (Phi) is 8.66. The summed E-state index contributed by atoms with van der Waals surface area (Å²) < 4.78 is 24.6. The smallest absolute Gasteiger partial charge is 0.253 e. The molecule has 0 radical (unpaired) electrons. The first-order valence-electron chi connectivity index (χ1n) is 9.87. The van der Waals surface area contributed by atoms with E-state index in [-0.39, 0.29) is 41.8 Å². The molecule has 1 atom stereocenters. The van der Waals surface area contributed by atoms with Gasteiger partial charge in [-0.05, 0) is 23.8 Å². The number of anilines is 1. The third kappa shape index (κ3) is 6.37. The van der Waals surface area contributed by atoms with Gasteiger partial charge in [0.15, 0.2) is 11.6 Å². The number of carbonyl (C=O) groups excluding carboxylic acids is 2. The van der Waals surface area contributed by atoms with Crippen molar-refractivity contribution in [1.82, 2.24) is 4.90 Å². The zero-order valence-electron chi connectivity index (χ0n) is 18.6. The number of nitrogen functional groups attached to an aromatic ring is 1. The number of aliphatic hydroxyl groups excluding tert-OH is 1. The Morgan fingerprint density at radius 3 is 2.36 bits per heavy atom. The Morgan fingerprint density at radius 2 is 1.82 bits per heavy atom. The number of allylic oxidation sites excluding steroid dienone is 1. The molecule has 1 amide bonds. The third-order valence-corrected chi connectivity index (χ3v) is 4.74. The van der Waals surface area contributed by atoms with Gasteiger partial charge in [0.25, 0.3) is 5.91 Å². The van der Waals surface area contributed by atoms with Crippen molar-refractivity contribution < 1.29 is 28.6 Å². The first-order valence-corrected chi connectivity index (χ1v) is 9.87. The van der Waals surface area contributed by atoms with E-state index in [1.807, 2.05) is 0 Å². The fraction of sp³-hybridized carbons (Fsp3) is 0.261. The van der Waals surface area contributed by atoms with E-state index in [0.717, 1.165) is 18.2 Å². The first kappa shape index (κ1) is 25.5. The summed E-state index contributed by atoms with van der Waals surface area (Å²) in [5.74, 6) is -1.99. The van der Waals surface area contributed by atoms with Gasteiger partial charge in [-0.1, -0.05) is 12.1 Å². The number of nitrogens with zero attached hydrogens (tertiary/aromatic N) is 1. The number of benzene rings is 2. The maximum Gasteiger partial charge on any atom is 0.253 e. The lowest BCUT2D eigenvalue weighted by Crippen LogP contribution is -2.24. The molecule has 33 heavy (non-hydrogen) atoms. The molecule has 2 aromatic rings. The van der Waals surface area contributed by atoms with Gasteiger partial charge >= 0.3 is 0 Å². The molecule has 0 saturated heterocycles. The molecule has 1 unspecified atom stereocenters. The Labute approximate surface area is 190 Å². The van der Waals surface area contributed by atoms with E-state index in [0.29, 0.717) is 11.1 Å². The van der Waals surface area contributed by atoms with Crippen LogP contribution in [0.2, 0.25) is 0 Å². The van der Waals surface area contributed by atoms with Gasteiger partial charge in [-0.2, -0.15) is 0 Å². The SMILES string of the molecule is COC(CO)COc1cc(N)c(C(=N)C(=O)/C=C(\N)c2ccc(C(=O)N(C)C)cc2)cc1F. The summed E-state index contributed by atoms with van der Waals surface area (Å²) in [6.07, 6.45) is 0.394. The minimum Gasteiger partial charge on any atom is -0.488 e. The van der Waals surface area contributed by atoms with Crippen LogP contribution < -0.4 is 16.2 Å². The average Bonchev–Trinajstić information content (AvgIpc) is 2.80. The quantitative estimate of drug-likeness (QED) is 0.239. The molecule has 176 valence electrons. The third-order valence-electron chi connectivity index (χ3n) is 4.74. The summed E-state index contributed by atoms with van der Waals surface area (Å²) in [5, 5.41) is 17.2. The van der Waals surface area contributed by atoms with Crippen LogP contribution in [-0.4, -0.2) is 67.9 Å². The highest BCUT2D eigenvalue weighted by molar-refractivity contribution is 6.50. The molecule has 0 bridgehead atoms. The minimum atomic E-state index is -0.831. The van der Waals surface area contributed by atoms with Crippen LogP contribution in [0.5, 0.6) is 5.75 Å². The topological polar surface area (TPSA) is 152 Å². The summed E-state index contributed by atoms with van der Waals surface area (Å²) in [5.41, 5.74) is 12.2. The molecule has 0 aliphatic heterocycles. The maximum absolute atomic E-state index is 14.4. The standard InChI is InChI=1S/C23H27FN4O5/c1-28(2)23(31)14-6-4-13(5-7-14)18(25)9-20(30)22(27)16-8-17(24)21(10-19(16)26)33-12-15(11-29)32-3/h4-10,15,27,29H,11-12,25-26H2,1-3H3/b18-9-,27-22?. The van der Waals surface area contributed by atoms with Crippen LogP contribution >= 0.6 is 0 Å². The van der Waals surface area contributed by atoms with E-state index in [2.05, 4.69) is 0 Å². The maximum atomic E-state index is 14.4. The van der Waals surface area contributed by atoms with E-state index in [1.54, 1.807) is 38.4 Å². The molecule has 0 aliphatic carbocycles. The van der Waals surface area contributed by atoms with Gasteiger partial charge in [0.2, 0.25) is 5.78 Å². The van der Waals surface area contributed by atoms with Crippen molar-refractivity contribution in [3.8, 4) is 5.75 Å². The van der Waals surface area contributed by atoms with E-state index >= 15 is 0 Å². The normalized spacial score (nSPS) is 12.2. The van der Waals surface area contributed by atoms with Crippen LogP contribution in [-0.2, 0) is 9.53 Å². The van der Waals surface area contributed by atoms with E-state index in [9.17, 15) is 14.0 Å². The average molecular weight is 458 g/mol. The largest absolute Gasteiger partial charge is 0.488 e. The van der Waals surface area contributed by atoms with Gasteiger partial charge in [-0.15, -0.1) is 0 Å². The van der Waals surface area contributed by atoms with Crippen molar-refractivity contribution in [2.24, 2.45) is 5.73 Å². The van der Waals surface area contributed by atoms with Gasteiger partial charge in [0.05, 0.1) is 6.61 Å². The van der Waals surface area contributed by atoms with Gasteiger partial charge < -0.3 is 30.9 Å². The summed E-state index contributed by atoms with van der Waals surface area (Å²) in [6.45, 7) is -0.426. The van der Waals surface area contributed by atoms with Crippen molar-refractivity contribution in [2.45, 2.75) is 6.10 Å². The monoisotopic (exact) mass is 458 g/mol. The molecule has 10 heteroatoms. The molecule has 9 nitrogen and oxygen atoms in total. The molecule has 2 rings (SSSR count). The molecule has 0 aromatic heterocycles.